The Morgan fingerprint density at radius 2 is 1.30 bits per heavy atom. The molecule has 2 unspecified atom stereocenters. The van der Waals surface area contributed by atoms with Crippen molar-refractivity contribution in [3.05, 3.63) is 122 Å². The Morgan fingerprint density at radius 3 is 1.78 bits per heavy atom. The third-order valence-corrected chi connectivity index (χ3v) is 15.0. The van der Waals surface area contributed by atoms with E-state index in [4.69, 9.17) is 77.5 Å². The first-order valence-electron chi connectivity index (χ1n) is 21.7. The summed E-state index contributed by atoms with van der Waals surface area (Å²) in [5, 5.41) is 9.74. The number of ketones is 1. The quantitative estimate of drug-likeness (QED) is 0.0404. The number of anilines is 1. The molecule has 2 aromatic heterocycles. The zero-order valence-electron chi connectivity index (χ0n) is 40.8. The minimum absolute atomic E-state index is 0. The molecule has 1 aliphatic heterocycles. The molecule has 7 aliphatic rings. The number of hydrogen-bond acceptors (Lipinski definition) is 13. The summed E-state index contributed by atoms with van der Waals surface area (Å²) in [6.07, 6.45) is 4.73. The molecule has 1 saturated heterocycles. The zero-order chi connectivity index (χ0) is 51.6. The van der Waals surface area contributed by atoms with E-state index in [2.05, 4.69) is 14.9 Å². The summed E-state index contributed by atoms with van der Waals surface area (Å²) in [7, 11) is 2.67. The fourth-order valence-corrected chi connectivity index (χ4v) is 11.8. The van der Waals surface area contributed by atoms with E-state index >= 15 is 0 Å². The van der Waals surface area contributed by atoms with Gasteiger partial charge in [-0.1, -0.05) is 70.7 Å². The van der Waals surface area contributed by atoms with Gasteiger partial charge in [-0.15, -0.1) is 11.6 Å². The Labute approximate surface area is 529 Å². The summed E-state index contributed by atoms with van der Waals surface area (Å²) in [5.41, 5.74) is -0.895. The molecule has 4 bridgehead atoms. The van der Waals surface area contributed by atoms with Gasteiger partial charge in [0.15, 0.2) is 17.4 Å². The van der Waals surface area contributed by atoms with Crippen molar-refractivity contribution in [2.24, 2.45) is 21.7 Å². The average molecular weight is 1160 g/mol. The number of methoxy groups -OCH3 is 2. The Hall–Kier alpha value is -2.23. The van der Waals surface area contributed by atoms with Crippen molar-refractivity contribution in [3.8, 4) is 0 Å². The maximum atomic E-state index is 14.6. The normalized spacial score (nSPS) is 23.9. The second kappa shape index (κ2) is 25.5. The summed E-state index contributed by atoms with van der Waals surface area (Å²) < 4.78 is 38.9. The van der Waals surface area contributed by atoms with Crippen molar-refractivity contribution >= 4 is 106 Å². The monoisotopic (exact) mass is 1160 g/mol. The zero-order valence-corrected chi connectivity index (χ0v) is 49.8. The van der Waals surface area contributed by atoms with Crippen LogP contribution in [0, 0.1) is 33.3 Å². The molecule has 4 aromatic rings. The molecule has 0 spiro atoms. The van der Waals surface area contributed by atoms with E-state index in [1.54, 1.807) is 48.5 Å². The summed E-state index contributed by atoms with van der Waals surface area (Å²) >= 11 is 29.5. The third kappa shape index (κ3) is 12.7. The summed E-state index contributed by atoms with van der Waals surface area (Å²) in [6, 6.07) is 14.3. The minimum Gasteiger partial charge on any atom is -1.00 e. The van der Waals surface area contributed by atoms with Crippen molar-refractivity contribution < 1.29 is 166 Å². The number of ether oxygens (including phenoxy) is 2. The number of pyridine rings is 2. The van der Waals surface area contributed by atoms with Crippen LogP contribution in [0.2, 0.25) is 20.1 Å². The number of halogens is 7. The van der Waals surface area contributed by atoms with Crippen LogP contribution in [0.25, 0.3) is 0 Å². The van der Waals surface area contributed by atoms with Crippen LogP contribution in [0.4, 0.5) is 14.6 Å². The van der Waals surface area contributed by atoms with Crippen LogP contribution < -0.4 is 113 Å². The number of Topliss-reactive ketones (excluding diaryl/α,β-unsaturated/α-hetero) is 1. The van der Waals surface area contributed by atoms with Crippen molar-refractivity contribution in [2.45, 2.75) is 70.1 Å². The van der Waals surface area contributed by atoms with Gasteiger partial charge in [0.2, 0.25) is 11.8 Å². The van der Waals surface area contributed by atoms with Crippen molar-refractivity contribution in [3.63, 3.8) is 0 Å². The Balaban J connectivity index is 0.000000288. The molecule has 2 aromatic carbocycles. The van der Waals surface area contributed by atoms with Gasteiger partial charge < -0.3 is 30.8 Å². The SMILES string of the molecule is COC(=O)C12CC(C(C(=O)Cc3ncc(Cl)cc3F)N(Cc3ccc(Cl)cc3)C(=O)CCl)(C1)C2.COC(=O)C12CC(C3C(=O)N(c4ncc(Cl)cc4F)CC(=O)N3Cc3ccc(Cl)cc3)(C1)C2.O=CO[O-].[H-].[K+].[K+]. The maximum Gasteiger partial charge on any atom is 1.00 e. The first kappa shape index (κ1) is 61.6. The van der Waals surface area contributed by atoms with E-state index in [1.807, 2.05) is 0 Å². The number of hydrogen-bond donors (Lipinski definition) is 0. The number of carbonyl (C=O) groups is 7. The molecule has 378 valence electrons. The number of amides is 3. The van der Waals surface area contributed by atoms with E-state index in [1.165, 1.54) is 36.4 Å². The van der Waals surface area contributed by atoms with Gasteiger partial charge in [-0.2, -0.15) is 0 Å². The number of carbonyl (C=O) groups excluding carboxylic acids is 7. The molecular formula is C48H44Cl5F2K2N5O11. The fourth-order valence-electron chi connectivity index (χ4n) is 11.1. The Kier molecular flexibility index (Phi) is 21.5. The first-order valence-corrected chi connectivity index (χ1v) is 23.8. The van der Waals surface area contributed by atoms with Gasteiger partial charge in [0.05, 0.1) is 53.3 Å². The van der Waals surface area contributed by atoms with Crippen LogP contribution in [-0.2, 0) is 67.4 Å². The molecule has 0 radical (unpaired) electrons. The molecule has 16 nitrogen and oxygen atoms in total. The summed E-state index contributed by atoms with van der Waals surface area (Å²) in [5.74, 6) is -4.22. The molecule has 6 aliphatic carbocycles. The van der Waals surface area contributed by atoms with E-state index in [-0.39, 0.29) is 188 Å². The van der Waals surface area contributed by atoms with Gasteiger partial charge in [-0.25, -0.2) is 13.8 Å². The van der Waals surface area contributed by atoms with Crippen LogP contribution in [0.15, 0.2) is 73.1 Å². The predicted octanol–water partition coefficient (Wildman–Crippen LogP) is 0.789. The van der Waals surface area contributed by atoms with Gasteiger partial charge in [0, 0.05) is 46.4 Å². The van der Waals surface area contributed by atoms with E-state index in [0.29, 0.717) is 48.6 Å². The van der Waals surface area contributed by atoms with Gasteiger partial charge in [-0.05, 0) is 86.1 Å². The van der Waals surface area contributed by atoms with Crippen molar-refractivity contribution in [2.75, 3.05) is 31.5 Å². The smallest absolute Gasteiger partial charge is 1.00 e. The van der Waals surface area contributed by atoms with Gasteiger partial charge in [-0.3, -0.25) is 43.4 Å². The standard InChI is InChI=1S/C24H22Cl3FN2O4.C23H20Cl2FN3O4.CH2O3.2K.H/c1-34-22(33)24-11-23(12-24,13-24)21(19(31)7-18-17(28)6-16(27)9-29-18)30(20(32)8-25)10-14-2-4-15(26)5-3-14;1-33-21(32)23-10-22(11-23,12-23)18-20(31)29(19-16(26)6-15(25)7-27-19)9-17(30)28(18)8-13-2-4-14(24)5-3-13;2-1-4-3;;;/h2-6,9,21H,7-8,10-13H2,1H3;2-7,18H,8-12H2,1H3;1,3H;;;/q;;;2*+1;-1/p-1. The molecule has 25 heteroatoms. The molecule has 3 heterocycles. The van der Waals surface area contributed by atoms with Crippen LogP contribution in [0.3, 0.4) is 0 Å². The third-order valence-electron chi connectivity index (χ3n) is 13.9. The minimum atomic E-state index is -0.905. The number of rotatable bonds is 15. The number of alkyl halides is 1. The largest absolute Gasteiger partial charge is 1.00 e. The fraction of sp³-hybridized carbons (Fsp3) is 0.396. The number of aromatic nitrogens is 2. The second-order valence-corrected chi connectivity index (χ2v) is 20.4. The Morgan fingerprint density at radius 1 is 0.808 bits per heavy atom. The van der Waals surface area contributed by atoms with Crippen molar-refractivity contribution in [1.82, 2.24) is 19.8 Å². The predicted molar refractivity (Wildman–Crippen MR) is 252 cm³/mol. The molecule has 73 heavy (non-hydrogen) atoms. The summed E-state index contributed by atoms with van der Waals surface area (Å²) in [4.78, 5) is 101. The van der Waals surface area contributed by atoms with Gasteiger partial charge in [0.1, 0.15) is 24.3 Å². The topological polar surface area (TPSA) is 206 Å². The molecular weight excluding hydrogens is 1120 g/mol. The molecule has 0 N–H and O–H groups in total. The van der Waals surface area contributed by atoms with Gasteiger partial charge >= 0.3 is 115 Å². The van der Waals surface area contributed by atoms with E-state index < -0.39 is 57.2 Å². The molecule has 2 atom stereocenters. The van der Waals surface area contributed by atoms with Crippen LogP contribution >= 0.6 is 58.0 Å². The molecule has 3 amide bonds. The maximum absolute atomic E-state index is 14.6. The van der Waals surface area contributed by atoms with Crippen molar-refractivity contribution in [1.29, 1.82) is 0 Å². The Bertz CT molecular complexity index is 2740. The number of esters is 2. The second-order valence-electron chi connectivity index (χ2n) is 18.4. The van der Waals surface area contributed by atoms with Gasteiger partial charge in [0.25, 0.3) is 12.4 Å². The average Bonchev–Trinajstić information content (AvgIpc) is 3.29. The molecule has 6 saturated carbocycles. The number of benzene rings is 2. The van der Waals surface area contributed by atoms with Crippen LogP contribution in [-0.4, -0.2) is 100 Å². The van der Waals surface area contributed by atoms with Crippen LogP contribution in [0.5, 0.6) is 0 Å². The molecule has 7 fully saturated rings. The first-order chi connectivity index (χ1) is 33.7. The summed E-state index contributed by atoms with van der Waals surface area (Å²) in [6.45, 7) is -0.209. The molecule has 11 rings (SSSR count). The van der Waals surface area contributed by atoms with E-state index in [9.17, 15) is 37.5 Å². The van der Waals surface area contributed by atoms with Crippen LogP contribution in [0.1, 0.15) is 56.8 Å². The van der Waals surface area contributed by atoms with E-state index in [0.717, 1.165) is 28.2 Å². The number of piperazine rings is 1. The number of nitrogens with zero attached hydrogens (tertiary/aromatic N) is 5.